The smallest absolute Gasteiger partial charge is 0.280 e. The summed E-state index contributed by atoms with van der Waals surface area (Å²) in [5.74, 6) is 0.308. The van der Waals surface area contributed by atoms with Crippen LogP contribution < -0.4 is 14.8 Å². The fourth-order valence-corrected chi connectivity index (χ4v) is 2.02. The number of nitro benzene ring substituents is 1. The Balaban J connectivity index is 1.81. The quantitative estimate of drug-likeness (QED) is 0.528. The van der Waals surface area contributed by atoms with Crippen LogP contribution in [-0.4, -0.2) is 22.6 Å². The Hall–Kier alpha value is -3.42. The van der Waals surface area contributed by atoms with Gasteiger partial charge in [0.05, 0.1) is 16.6 Å². The van der Waals surface area contributed by atoms with Crippen molar-refractivity contribution in [2.45, 2.75) is 0 Å². The predicted molar refractivity (Wildman–Crippen MR) is 81.1 cm³/mol. The first kappa shape index (κ1) is 14.5. The molecule has 23 heavy (non-hydrogen) atoms. The first-order valence-electron chi connectivity index (χ1n) is 6.60. The maximum absolute atomic E-state index is 11.9. The largest absolute Gasteiger partial charge is 0.454 e. The number of ether oxygens (including phenoxy) is 2. The minimum Gasteiger partial charge on any atom is -0.454 e. The van der Waals surface area contributed by atoms with Gasteiger partial charge in [-0.2, -0.15) is 0 Å². The molecule has 0 fully saturated rings. The Morgan fingerprint density at radius 3 is 2.65 bits per heavy atom. The Morgan fingerprint density at radius 2 is 1.96 bits per heavy atom. The molecule has 0 spiro atoms. The van der Waals surface area contributed by atoms with E-state index in [1.54, 1.807) is 24.5 Å². The summed E-state index contributed by atoms with van der Waals surface area (Å²) >= 11 is 0. The van der Waals surface area contributed by atoms with Gasteiger partial charge in [-0.15, -0.1) is 0 Å². The second-order valence-electron chi connectivity index (χ2n) is 4.58. The second kappa shape index (κ2) is 6.14. The molecule has 0 unspecified atom stereocenters. The molecule has 8 nitrogen and oxygen atoms in total. The van der Waals surface area contributed by atoms with Crippen LogP contribution in [0.1, 0.15) is 5.56 Å². The molecule has 0 saturated carbocycles. The van der Waals surface area contributed by atoms with E-state index in [4.69, 9.17) is 9.47 Å². The molecule has 1 aliphatic rings. The third-order valence-corrected chi connectivity index (χ3v) is 3.08. The van der Waals surface area contributed by atoms with Gasteiger partial charge < -0.3 is 14.8 Å². The number of amides is 1. The molecular formula is C15H11N3O5. The van der Waals surface area contributed by atoms with Gasteiger partial charge in [-0.3, -0.25) is 19.9 Å². The zero-order chi connectivity index (χ0) is 16.2. The maximum Gasteiger partial charge on any atom is 0.280 e. The molecule has 1 amide bonds. The van der Waals surface area contributed by atoms with Gasteiger partial charge in [-0.1, -0.05) is 0 Å². The Kier molecular flexibility index (Phi) is 3.88. The zero-order valence-electron chi connectivity index (χ0n) is 11.8. The highest BCUT2D eigenvalue weighted by atomic mass is 16.7. The molecular weight excluding hydrogens is 302 g/mol. The number of nitrogens with one attached hydrogen (secondary N) is 1. The monoisotopic (exact) mass is 313 g/mol. The average Bonchev–Trinajstić information content (AvgIpc) is 3.00. The first-order valence-corrected chi connectivity index (χ1v) is 6.60. The Labute approximate surface area is 130 Å². The summed E-state index contributed by atoms with van der Waals surface area (Å²) < 4.78 is 10.3. The van der Waals surface area contributed by atoms with Crippen LogP contribution in [-0.2, 0) is 4.79 Å². The molecule has 1 aromatic carbocycles. The number of hydrogen-bond acceptors (Lipinski definition) is 6. The minimum atomic E-state index is -0.539. The lowest BCUT2D eigenvalue weighted by atomic mass is 10.1. The molecule has 116 valence electrons. The zero-order valence-corrected chi connectivity index (χ0v) is 11.8. The third-order valence-electron chi connectivity index (χ3n) is 3.08. The molecule has 8 heteroatoms. The number of aromatic nitrogens is 1. The van der Waals surface area contributed by atoms with E-state index in [1.807, 2.05) is 0 Å². The van der Waals surface area contributed by atoms with Crippen LogP contribution in [0.2, 0.25) is 0 Å². The number of hydrogen-bond donors (Lipinski definition) is 1. The van der Waals surface area contributed by atoms with Crippen LogP contribution in [0.15, 0.2) is 42.7 Å². The van der Waals surface area contributed by atoms with Crippen molar-refractivity contribution >= 4 is 23.4 Å². The summed E-state index contributed by atoms with van der Waals surface area (Å²) in [4.78, 5) is 26.3. The molecule has 0 bridgehead atoms. The van der Waals surface area contributed by atoms with Crippen molar-refractivity contribution in [3.8, 4) is 11.5 Å². The van der Waals surface area contributed by atoms with Crippen LogP contribution in [0.5, 0.6) is 11.5 Å². The molecule has 2 heterocycles. The molecule has 3 rings (SSSR count). The number of pyridine rings is 1. The fourth-order valence-electron chi connectivity index (χ4n) is 2.02. The van der Waals surface area contributed by atoms with Gasteiger partial charge in [-0.05, 0) is 24.3 Å². The van der Waals surface area contributed by atoms with Crippen molar-refractivity contribution in [2.75, 3.05) is 12.1 Å². The highest BCUT2D eigenvalue weighted by molar-refractivity contribution is 6.02. The molecule has 1 aromatic heterocycles. The fraction of sp³-hybridized carbons (Fsp3) is 0.0667. The van der Waals surface area contributed by atoms with E-state index in [-0.39, 0.29) is 18.0 Å². The SMILES string of the molecule is O=C(/C=C/c1cc2c(cc1[N+](=O)[O-])OCO2)Nc1ccncc1. The Morgan fingerprint density at radius 1 is 1.26 bits per heavy atom. The maximum atomic E-state index is 11.9. The number of nitrogens with zero attached hydrogens (tertiary/aromatic N) is 2. The molecule has 0 aliphatic carbocycles. The van der Waals surface area contributed by atoms with Gasteiger partial charge in [0.1, 0.15) is 0 Å². The summed E-state index contributed by atoms with van der Waals surface area (Å²) in [6.07, 6.45) is 5.66. The van der Waals surface area contributed by atoms with Gasteiger partial charge in [0.25, 0.3) is 5.69 Å². The topological polar surface area (TPSA) is 104 Å². The number of carbonyl (C=O) groups is 1. The van der Waals surface area contributed by atoms with E-state index in [1.165, 1.54) is 24.3 Å². The van der Waals surface area contributed by atoms with Gasteiger partial charge in [-0.25, -0.2) is 0 Å². The van der Waals surface area contributed by atoms with Crippen LogP contribution in [0.4, 0.5) is 11.4 Å². The molecule has 0 radical (unpaired) electrons. The lowest BCUT2D eigenvalue weighted by molar-refractivity contribution is -0.385. The lowest BCUT2D eigenvalue weighted by Gasteiger charge is -2.02. The van der Waals surface area contributed by atoms with Gasteiger partial charge in [0.2, 0.25) is 12.7 Å². The van der Waals surface area contributed by atoms with Crippen molar-refractivity contribution in [2.24, 2.45) is 0 Å². The normalized spacial score (nSPS) is 12.3. The van der Waals surface area contributed by atoms with Crippen molar-refractivity contribution in [3.05, 3.63) is 58.4 Å². The molecule has 0 atom stereocenters. The standard InChI is InChI=1S/C15H11N3O5/c19-15(17-11-3-5-16-6-4-11)2-1-10-7-13-14(23-9-22-13)8-12(10)18(20)21/h1-8H,9H2,(H,16,17,19)/b2-1+. The highest BCUT2D eigenvalue weighted by Gasteiger charge is 2.22. The number of benzene rings is 1. The van der Waals surface area contributed by atoms with Crippen molar-refractivity contribution in [1.29, 1.82) is 0 Å². The van der Waals surface area contributed by atoms with Gasteiger partial charge in [0.15, 0.2) is 11.5 Å². The van der Waals surface area contributed by atoms with Crippen molar-refractivity contribution in [1.82, 2.24) is 4.98 Å². The summed E-state index contributed by atoms with van der Waals surface area (Å²) in [5.41, 5.74) is 0.668. The first-order chi connectivity index (χ1) is 11.1. The van der Waals surface area contributed by atoms with E-state index < -0.39 is 10.8 Å². The predicted octanol–water partition coefficient (Wildman–Crippen LogP) is 2.37. The minimum absolute atomic E-state index is 0.0161. The lowest BCUT2D eigenvalue weighted by Crippen LogP contribution is -2.07. The van der Waals surface area contributed by atoms with Gasteiger partial charge in [0, 0.05) is 24.2 Å². The van der Waals surface area contributed by atoms with E-state index in [2.05, 4.69) is 10.3 Å². The van der Waals surface area contributed by atoms with Crippen molar-refractivity contribution in [3.63, 3.8) is 0 Å². The Bertz CT molecular complexity index is 789. The van der Waals surface area contributed by atoms with Crippen LogP contribution >= 0.6 is 0 Å². The highest BCUT2D eigenvalue weighted by Crippen LogP contribution is 2.38. The van der Waals surface area contributed by atoms with Crippen LogP contribution in [0.3, 0.4) is 0 Å². The third kappa shape index (κ3) is 3.26. The van der Waals surface area contributed by atoms with Crippen LogP contribution in [0, 0.1) is 10.1 Å². The molecule has 0 saturated heterocycles. The average molecular weight is 313 g/mol. The van der Waals surface area contributed by atoms with Crippen LogP contribution in [0.25, 0.3) is 6.08 Å². The van der Waals surface area contributed by atoms with E-state index in [0.29, 0.717) is 17.2 Å². The number of fused-ring (bicyclic) bond motifs is 1. The number of anilines is 1. The van der Waals surface area contributed by atoms with Gasteiger partial charge >= 0.3 is 0 Å². The summed E-state index contributed by atoms with van der Waals surface area (Å²) in [6.45, 7) is 0.0161. The van der Waals surface area contributed by atoms with Crippen molar-refractivity contribution < 1.29 is 19.2 Å². The molecule has 2 aromatic rings. The summed E-state index contributed by atoms with van der Waals surface area (Å²) in [6, 6.07) is 6.02. The van der Waals surface area contributed by atoms with E-state index >= 15 is 0 Å². The second-order valence-corrected chi connectivity index (χ2v) is 4.58. The number of nitro groups is 1. The van der Waals surface area contributed by atoms with E-state index in [9.17, 15) is 14.9 Å². The number of carbonyl (C=O) groups excluding carboxylic acids is 1. The number of rotatable bonds is 4. The summed E-state index contributed by atoms with van der Waals surface area (Å²) in [7, 11) is 0. The summed E-state index contributed by atoms with van der Waals surface area (Å²) in [5, 5.41) is 13.7. The molecule has 1 aliphatic heterocycles. The van der Waals surface area contributed by atoms with E-state index in [0.717, 1.165) is 0 Å². The molecule has 1 N–H and O–H groups in total.